The van der Waals surface area contributed by atoms with Gasteiger partial charge in [-0.25, -0.2) is 4.79 Å². The number of halogens is 2. The minimum absolute atomic E-state index is 0.339. The number of aliphatic carboxylic acids is 1. The molecule has 1 fully saturated rings. The van der Waals surface area contributed by atoms with E-state index < -0.39 is 22.3 Å². The summed E-state index contributed by atoms with van der Waals surface area (Å²) in [5.74, 6) is -1.90. The Hall–Kier alpha value is -0.480. The molecule has 0 spiro atoms. The lowest BCUT2D eigenvalue weighted by Crippen LogP contribution is -2.41. The van der Waals surface area contributed by atoms with Gasteiger partial charge in [-0.3, -0.25) is 4.79 Å². The Labute approximate surface area is 91.6 Å². The van der Waals surface area contributed by atoms with Gasteiger partial charge < -0.3 is 10.4 Å². The molecule has 1 amide bonds. The second-order valence-corrected chi connectivity index (χ2v) is 4.87. The van der Waals surface area contributed by atoms with Crippen molar-refractivity contribution in [2.45, 2.75) is 30.1 Å². The monoisotopic (exact) mass is 239 g/mol. The van der Waals surface area contributed by atoms with Gasteiger partial charge in [0.05, 0.1) is 5.92 Å². The highest BCUT2D eigenvalue weighted by molar-refractivity contribution is 6.52. The van der Waals surface area contributed by atoms with E-state index >= 15 is 0 Å². The van der Waals surface area contributed by atoms with Gasteiger partial charge in [-0.1, -0.05) is 6.92 Å². The number of hydrogen-bond donors (Lipinski definition) is 2. The first-order valence-electron chi connectivity index (χ1n) is 4.29. The second kappa shape index (κ2) is 3.95. The molecule has 2 unspecified atom stereocenters. The molecule has 0 bridgehead atoms. The summed E-state index contributed by atoms with van der Waals surface area (Å²) >= 11 is 11.3. The van der Waals surface area contributed by atoms with Crippen LogP contribution in [0, 0.1) is 5.92 Å². The van der Waals surface area contributed by atoms with Crippen molar-refractivity contribution in [1.82, 2.24) is 5.32 Å². The summed E-state index contributed by atoms with van der Waals surface area (Å²) in [6, 6.07) is -0.854. The Bertz CT molecular complexity index is 267. The lowest BCUT2D eigenvalue weighted by atomic mass is 10.2. The number of amides is 1. The van der Waals surface area contributed by atoms with E-state index in [1.807, 2.05) is 0 Å². The van der Waals surface area contributed by atoms with Gasteiger partial charge in [0.15, 0.2) is 0 Å². The third-order valence-electron chi connectivity index (χ3n) is 2.17. The van der Waals surface area contributed by atoms with Crippen molar-refractivity contribution in [3.63, 3.8) is 0 Å². The Morgan fingerprint density at radius 2 is 2.14 bits per heavy atom. The SMILES string of the molecule is CCC(NC(=O)C1CC1(Cl)Cl)C(=O)O. The highest BCUT2D eigenvalue weighted by Gasteiger charge is 2.56. The van der Waals surface area contributed by atoms with E-state index in [0.717, 1.165) is 0 Å². The maximum Gasteiger partial charge on any atom is 0.326 e. The van der Waals surface area contributed by atoms with E-state index in [2.05, 4.69) is 5.32 Å². The van der Waals surface area contributed by atoms with Crippen LogP contribution in [0.4, 0.5) is 0 Å². The molecule has 0 heterocycles. The van der Waals surface area contributed by atoms with Gasteiger partial charge in [-0.2, -0.15) is 0 Å². The van der Waals surface area contributed by atoms with Gasteiger partial charge in [-0.15, -0.1) is 23.2 Å². The van der Waals surface area contributed by atoms with Crippen molar-refractivity contribution >= 4 is 35.1 Å². The lowest BCUT2D eigenvalue weighted by molar-refractivity contribution is -0.142. The van der Waals surface area contributed by atoms with Gasteiger partial charge in [0, 0.05) is 0 Å². The van der Waals surface area contributed by atoms with Gasteiger partial charge in [-0.05, 0) is 12.8 Å². The standard InChI is InChI=1S/C8H11Cl2NO3/c1-2-5(7(13)14)11-6(12)4-3-8(4,9)10/h4-5H,2-3H2,1H3,(H,11,12)(H,13,14). The van der Waals surface area contributed by atoms with Crippen LogP contribution in [0.5, 0.6) is 0 Å². The average Bonchev–Trinajstić information content (AvgIpc) is 2.70. The number of hydrogen-bond acceptors (Lipinski definition) is 2. The van der Waals surface area contributed by atoms with Crippen LogP contribution in [0.1, 0.15) is 19.8 Å². The molecule has 0 saturated heterocycles. The maximum absolute atomic E-state index is 11.4. The molecule has 0 aromatic rings. The van der Waals surface area contributed by atoms with Crippen molar-refractivity contribution in [3.8, 4) is 0 Å². The molecular weight excluding hydrogens is 229 g/mol. The van der Waals surface area contributed by atoms with E-state index in [4.69, 9.17) is 28.3 Å². The predicted octanol–water partition coefficient (Wildman–Crippen LogP) is 1.16. The zero-order valence-corrected chi connectivity index (χ0v) is 9.10. The zero-order valence-electron chi connectivity index (χ0n) is 7.59. The number of carboxylic acids is 1. The smallest absolute Gasteiger partial charge is 0.326 e. The summed E-state index contributed by atoms with van der Waals surface area (Å²) < 4.78 is -0.999. The first kappa shape index (κ1) is 11.6. The van der Waals surface area contributed by atoms with E-state index in [1.165, 1.54) is 0 Å². The fourth-order valence-electron chi connectivity index (χ4n) is 1.11. The van der Waals surface area contributed by atoms with E-state index in [1.54, 1.807) is 6.92 Å². The molecule has 1 aliphatic carbocycles. The Morgan fingerprint density at radius 3 is 2.43 bits per heavy atom. The Balaban J connectivity index is 2.45. The fourth-order valence-corrected chi connectivity index (χ4v) is 1.62. The molecule has 0 aromatic carbocycles. The first-order valence-corrected chi connectivity index (χ1v) is 5.05. The van der Waals surface area contributed by atoms with Gasteiger partial charge in [0.1, 0.15) is 10.4 Å². The number of alkyl halides is 2. The number of carbonyl (C=O) groups excluding carboxylic acids is 1. The van der Waals surface area contributed by atoms with Crippen LogP contribution in [-0.2, 0) is 9.59 Å². The predicted molar refractivity (Wildman–Crippen MR) is 52.4 cm³/mol. The van der Waals surface area contributed by atoms with Gasteiger partial charge in [0.2, 0.25) is 5.91 Å². The first-order chi connectivity index (χ1) is 6.38. The van der Waals surface area contributed by atoms with E-state index in [9.17, 15) is 9.59 Å². The molecule has 1 saturated carbocycles. The molecule has 0 aromatic heterocycles. The molecule has 1 rings (SSSR count). The van der Waals surface area contributed by atoms with Crippen molar-refractivity contribution in [2.75, 3.05) is 0 Å². The fraction of sp³-hybridized carbons (Fsp3) is 0.750. The normalized spacial score (nSPS) is 25.2. The summed E-state index contributed by atoms with van der Waals surface area (Å²) in [6.45, 7) is 1.68. The highest BCUT2D eigenvalue weighted by atomic mass is 35.5. The molecule has 2 N–H and O–H groups in total. The maximum atomic E-state index is 11.4. The van der Waals surface area contributed by atoms with Crippen LogP contribution in [0.25, 0.3) is 0 Å². The van der Waals surface area contributed by atoms with Crippen LogP contribution >= 0.6 is 23.2 Å². The molecule has 80 valence electrons. The minimum Gasteiger partial charge on any atom is -0.480 e. The number of nitrogens with one attached hydrogen (secondary N) is 1. The van der Waals surface area contributed by atoms with Gasteiger partial charge in [0.25, 0.3) is 0 Å². The average molecular weight is 240 g/mol. The molecular formula is C8H11Cl2NO3. The van der Waals surface area contributed by atoms with Crippen LogP contribution in [0.2, 0.25) is 0 Å². The number of carboxylic acid groups (broad SMARTS) is 1. The summed E-state index contributed by atoms with van der Waals surface area (Å²) in [5, 5.41) is 11.1. The minimum atomic E-state index is -1.05. The molecule has 4 nitrogen and oxygen atoms in total. The second-order valence-electron chi connectivity index (χ2n) is 3.33. The summed E-state index contributed by atoms with van der Waals surface area (Å²) in [7, 11) is 0. The molecule has 0 radical (unpaired) electrons. The molecule has 0 aliphatic heterocycles. The zero-order chi connectivity index (χ0) is 10.9. The Kier molecular flexibility index (Phi) is 3.27. The third kappa shape index (κ3) is 2.51. The summed E-state index contributed by atoms with van der Waals surface area (Å²) in [5.41, 5.74) is 0. The van der Waals surface area contributed by atoms with E-state index in [0.29, 0.717) is 12.8 Å². The molecule has 1 aliphatic rings. The lowest BCUT2D eigenvalue weighted by Gasteiger charge is -2.11. The summed E-state index contributed by atoms with van der Waals surface area (Å²) in [6.07, 6.45) is 0.726. The third-order valence-corrected chi connectivity index (χ3v) is 3.00. The van der Waals surface area contributed by atoms with Crippen LogP contribution in [0.3, 0.4) is 0 Å². The molecule has 6 heteroatoms. The van der Waals surface area contributed by atoms with Crippen molar-refractivity contribution in [2.24, 2.45) is 5.92 Å². The van der Waals surface area contributed by atoms with E-state index in [-0.39, 0.29) is 5.91 Å². The van der Waals surface area contributed by atoms with Crippen molar-refractivity contribution in [1.29, 1.82) is 0 Å². The largest absolute Gasteiger partial charge is 0.480 e. The summed E-state index contributed by atoms with van der Waals surface area (Å²) in [4.78, 5) is 21.9. The van der Waals surface area contributed by atoms with Crippen molar-refractivity contribution in [3.05, 3.63) is 0 Å². The quantitative estimate of drug-likeness (QED) is 0.724. The van der Waals surface area contributed by atoms with Crippen LogP contribution < -0.4 is 5.32 Å². The van der Waals surface area contributed by atoms with Crippen LogP contribution in [0.15, 0.2) is 0 Å². The number of rotatable bonds is 4. The molecule has 2 atom stereocenters. The molecule has 14 heavy (non-hydrogen) atoms. The highest BCUT2D eigenvalue weighted by Crippen LogP contribution is 2.53. The van der Waals surface area contributed by atoms with Gasteiger partial charge >= 0.3 is 5.97 Å². The topological polar surface area (TPSA) is 66.4 Å². The van der Waals surface area contributed by atoms with Crippen LogP contribution in [-0.4, -0.2) is 27.4 Å². The Morgan fingerprint density at radius 1 is 1.64 bits per heavy atom. The number of carbonyl (C=O) groups is 2. The van der Waals surface area contributed by atoms with Crippen molar-refractivity contribution < 1.29 is 14.7 Å².